The van der Waals surface area contributed by atoms with E-state index < -0.39 is 0 Å². The molecule has 1 aromatic carbocycles. The van der Waals surface area contributed by atoms with E-state index in [1.54, 1.807) is 18.2 Å². The van der Waals surface area contributed by atoms with E-state index in [-0.39, 0.29) is 5.56 Å². The molecule has 0 saturated carbocycles. The van der Waals surface area contributed by atoms with Crippen LogP contribution in [0.3, 0.4) is 0 Å². The third-order valence-corrected chi connectivity index (χ3v) is 2.59. The van der Waals surface area contributed by atoms with E-state index in [0.29, 0.717) is 15.6 Å². The molecule has 1 heterocycles. The monoisotopic (exact) mass is 213 g/mol. The second-order valence-corrected chi connectivity index (χ2v) is 3.43. The highest BCUT2D eigenvalue weighted by Gasteiger charge is 2.03. The summed E-state index contributed by atoms with van der Waals surface area (Å²) in [5, 5.41) is 1.70. The summed E-state index contributed by atoms with van der Waals surface area (Å²) < 4.78 is 0. The van der Waals surface area contributed by atoms with Crippen LogP contribution in [0.5, 0.6) is 0 Å². The Morgan fingerprint density at radius 1 is 1.08 bits per heavy atom. The van der Waals surface area contributed by atoms with Crippen molar-refractivity contribution >= 4 is 34.1 Å². The van der Waals surface area contributed by atoms with Crippen LogP contribution in [0.1, 0.15) is 0 Å². The summed E-state index contributed by atoms with van der Waals surface area (Å²) in [5.74, 6) is 0. The number of hydrogen-bond acceptors (Lipinski definition) is 1. The van der Waals surface area contributed by atoms with E-state index in [1.807, 2.05) is 0 Å². The summed E-state index contributed by atoms with van der Waals surface area (Å²) in [6.45, 7) is 0. The molecule has 0 saturated heterocycles. The lowest BCUT2D eigenvalue weighted by Crippen LogP contribution is -2.02. The summed E-state index contributed by atoms with van der Waals surface area (Å²) in [4.78, 5) is 13.6. The van der Waals surface area contributed by atoms with E-state index in [0.717, 1.165) is 5.39 Å². The smallest absolute Gasteiger partial charge is 0.248 e. The number of pyridine rings is 1. The van der Waals surface area contributed by atoms with Crippen molar-refractivity contribution in [3.63, 3.8) is 0 Å². The zero-order chi connectivity index (χ0) is 9.42. The predicted molar refractivity (Wildman–Crippen MR) is 54.6 cm³/mol. The summed E-state index contributed by atoms with van der Waals surface area (Å²) in [7, 11) is 0. The van der Waals surface area contributed by atoms with Crippen LogP contribution in [0.4, 0.5) is 0 Å². The maximum absolute atomic E-state index is 11.0. The molecule has 0 aliphatic rings. The van der Waals surface area contributed by atoms with E-state index in [9.17, 15) is 4.79 Å². The molecule has 0 fully saturated rings. The summed E-state index contributed by atoms with van der Waals surface area (Å²) in [6, 6.07) is 6.66. The van der Waals surface area contributed by atoms with Crippen molar-refractivity contribution in [2.24, 2.45) is 0 Å². The molecule has 0 aliphatic heterocycles. The lowest BCUT2D eigenvalue weighted by atomic mass is 10.2. The molecule has 0 unspecified atom stereocenters. The van der Waals surface area contributed by atoms with Gasteiger partial charge >= 0.3 is 0 Å². The van der Waals surface area contributed by atoms with Crippen molar-refractivity contribution < 1.29 is 0 Å². The summed E-state index contributed by atoms with van der Waals surface area (Å²) in [6.07, 6.45) is 0. The molecule has 66 valence electrons. The Kier molecular flexibility index (Phi) is 2.02. The maximum Gasteiger partial charge on any atom is 0.248 e. The Bertz CT molecular complexity index is 518. The third kappa shape index (κ3) is 1.43. The van der Waals surface area contributed by atoms with Gasteiger partial charge in [0.1, 0.15) is 0 Å². The van der Waals surface area contributed by atoms with Gasteiger partial charge in [-0.1, -0.05) is 29.3 Å². The van der Waals surface area contributed by atoms with Gasteiger partial charge in [-0.05, 0) is 17.5 Å². The van der Waals surface area contributed by atoms with Gasteiger partial charge in [-0.2, -0.15) is 0 Å². The first-order chi connectivity index (χ1) is 6.18. The van der Waals surface area contributed by atoms with E-state index >= 15 is 0 Å². The van der Waals surface area contributed by atoms with Crippen molar-refractivity contribution in [2.45, 2.75) is 0 Å². The first kappa shape index (κ1) is 8.60. The highest BCUT2D eigenvalue weighted by atomic mass is 35.5. The average Bonchev–Trinajstić information content (AvgIpc) is 2.12. The molecule has 0 aliphatic carbocycles. The molecule has 2 nitrogen and oxygen atoms in total. The second-order valence-electron chi connectivity index (χ2n) is 2.65. The average molecular weight is 214 g/mol. The number of aromatic nitrogens is 1. The largest absolute Gasteiger partial charge is 0.321 e. The summed E-state index contributed by atoms with van der Waals surface area (Å²) >= 11 is 11.7. The molecule has 0 amide bonds. The molecule has 2 aromatic rings. The Hall–Kier alpha value is -0.990. The highest BCUT2D eigenvalue weighted by molar-refractivity contribution is 6.44. The van der Waals surface area contributed by atoms with Gasteiger partial charge in [0.2, 0.25) is 5.56 Å². The van der Waals surface area contributed by atoms with Crippen LogP contribution in [0.25, 0.3) is 10.9 Å². The number of halogens is 2. The number of hydrogen-bond donors (Lipinski definition) is 1. The highest BCUT2D eigenvalue weighted by Crippen LogP contribution is 2.28. The van der Waals surface area contributed by atoms with Crippen molar-refractivity contribution in [2.75, 3.05) is 0 Å². The molecular formula is C9H5Cl2NO. The molecule has 0 bridgehead atoms. The van der Waals surface area contributed by atoms with Crippen LogP contribution >= 0.6 is 23.2 Å². The van der Waals surface area contributed by atoms with Gasteiger partial charge in [-0.25, -0.2) is 0 Å². The number of fused-ring (bicyclic) bond motifs is 1. The number of H-pyrrole nitrogens is 1. The van der Waals surface area contributed by atoms with Crippen LogP contribution in [-0.2, 0) is 0 Å². The van der Waals surface area contributed by atoms with Gasteiger partial charge in [0.25, 0.3) is 0 Å². The molecule has 4 heteroatoms. The van der Waals surface area contributed by atoms with Gasteiger partial charge in [0, 0.05) is 6.07 Å². The standard InChI is InChI=1S/C9H5Cl2NO/c10-6-3-1-5-2-4-7(13)12-9(5)8(6)11/h1-4H,(H,12,13). The number of rotatable bonds is 0. The van der Waals surface area contributed by atoms with Gasteiger partial charge in [-0.15, -0.1) is 0 Å². The second kappa shape index (κ2) is 3.05. The maximum atomic E-state index is 11.0. The molecular weight excluding hydrogens is 209 g/mol. The topological polar surface area (TPSA) is 32.9 Å². The van der Waals surface area contributed by atoms with Crippen LogP contribution < -0.4 is 5.56 Å². The van der Waals surface area contributed by atoms with E-state index in [2.05, 4.69) is 4.98 Å². The Balaban J connectivity index is 2.97. The quantitative estimate of drug-likeness (QED) is 0.718. The Labute approximate surface area is 84.1 Å². The minimum atomic E-state index is -0.184. The lowest BCUT2D eigenvalue weighted by molar-refractivity contribution is 1.31. The zero-order valence-electron chi connectivity index (χ0n) is 6.47. The molecule has 0 radical (unpaired) electrons. The molecule has 0 spiro atoms. The molecule has 13 heavy (non-hydrogen) atoms. The van der Waals surface area contributed by atoms with Crippen LogP contribution in [0, 0.1) is 0 Å². The Morgan fingerprint density at radius 3 is 2.54 bits per heavy atom. The van der Waals surface area contributed by atoms with Gasteiger partial charge in [-0.3, -0.25) is 4.79 Å². The molecule has 1 aromatic heterocycles. The molecule has 2 rings (SSSR count). The fraction of sp³-hybridized carbons (Fsp3) is 0. The molecule has 0 atom stereocenters. The zero-order valence-corrected chi connectivity index (χ0v) is 7.99. The number of nitrogens with one attached hydrogen (secondary N) is 1. The SMILES string of the molecule is O=c1ccc2ccc(Cl)c(Cl)c2[nH]1. The normalized spacial score (nSPS) is 10.6. The van der Waals surface area contributed by atoms with Crippen molar-refractivity contribution in [1.82, 2.24) is 4.98 Å². The minimum absolute atomic E-state index is 0.184. The summed E-state index contributed by atoms with van der Waals surface area (Å²) in [5.41, 5.74) is 0.401. The van der Waals surface area contributed by atoms with Gasteiger partial charge in [0.15, 0.2) is 0 Å². The third-order valence-electron chi connectivity index (χ3n) is 1.79. The first-order valence-corrected chi connectivity index (χ1v) is 4.41. The van der Waals surface area contributed by atoms with Crippen molar-refractivity contribution in [3.8, 4) is 0 Å². The van der Waals surface area contributed by atoms with Crippen LogP contribution in [0.2, 0.25) is 10.0 Å². The van der Waals surface area contributed by atoms with Crippen molar-refractivity contribution in [1.29, 1.82) is 0 Å². The lowest BCUT2D eigenvalue weighted by Gasteiger charge is -2.00. The molecule has 1 N–H and O–H groups in total. The number of aromatic amines is 1. The Morgan fingerprint density at radius 2 is 1.77 bits per heavy atom. The van der Waals surface area contributed by atoms with Gasteiger partial charge in [0.05, 0.1) is 15.6 Å². The number of benzene rings is 1. The van der Waals surface area contributed by atoms with Crippen LogP contribution in [0.15, 0.2) is 29.1 Å². The fourth-order valence-electron chi connectivity index (χ4n) is 1.16. The minimum Gasteiger partial charge on any atom is -0.321 e. The van der Waals surface area contributed by atoms with E-state index in [4.69, 9.17) is 23.2 Å². The predicted octanol–water partition coefficient (Wildman–Crippen LogP) is 2.83. The fourth-order valence-corrected chi connectivity index (χ4v) is 1.54. The van der Waals surface area contributed by atoms with Crippen LogP contribution in [-0.4, -0.2) is 4.98 Å². The van der Waals surface area contributed by atoms with E-state index in [1.165, 1.54) is 6.07 Å². The van der Waals surface area contributed by atoms with Crippen molar-refractivity contribution in [3.05, 3.63) is 44.7 Å². The van der Waals surface area contributed by atoms with Gasteiger partial charge < -0.3 is 4.98 Å². The first-order valence-electron chi connectivity index (χ1n) is 3.65.